The topological polar surface area (TPSA) is 111 Å². The molecule has 0 saturated carbocycles. The van der Waals surface area contributed by atoms with Crippen molar-refractivity contribution in [3.05, 3.63) is 57.6 Å². The van der Waals surface area contributed by atoms with E-state index in [0.29, 0.717) is 24.2 Å². The highest BCUT2D eigenvalue weighted by atomic mass is 35.5. The molecule has 9 heteroatoms. The predicted molar refractivity (Wildman–Crippen MR) is 102 cm³/mol. The second-order valence-corrected chi connectivity index (χ2v) is 5.96. The molecule has 0 spiro atoms. The highest BCUT2D eigenvalue weighted by Crippen LogP contribution is 2.27. The summed E-state index contributed by atoms with van der Waals surface area (Å²) in [6.07, 6.45) is 1.10. The van der Waals surface area contributed by atoms with Gasteiger partial charge < -0.3 is 15.4 Å². The number of hydrogen-bond acceptors (Lipinski definition) is 5. The van der Waals surface area contributed by atoms with E-state index in [4.69, 9.17) is 16.3 Å². The first-order valence-corrected chi connectivity index (χ1v) is 8.54. The minimum absolute atomic E-state index is 0.00988. The van der Waals surface area contributed by atoms with E-state index in [1.807, 2.05) is 6.92 Å². The molecule has 8 nitrogen and oxygen atoms in total. The number of ether oxygens (including phenoxy) is 1. The van der Waals surface area contributed by atoms with Gasteiger partial charge in [0.25, 0.3) is 5.91 Å². The Morgan fingerprint density at radius 2 is 1.89 bits per heavy atom. The number of halogens is 1. The first kappa shape index (κ1) is 20.2. The number of hydrogen-bond donors (Lipinski definition) is 2. The van der Waals surface area contributed by atoms with Crippen molar-refractivity contribution in [1.82, 2.24) is 0 Å². The van der Waals surface area contributed by atoms with E-state index >= 15 is 0 Å². The van der Waals surface area contributed by atoms with Gasteiger partial charge in [0.15, 0.2) is 12.4 Å². The first-order chi connectivity index (χ1) is 12.9. The Labute approximate surface area is 160 Å². The predicted octanol–water partition coefficient (Wildman–Crippen LogP) is 4.00. The summed E-state index contributed by atoms with van der Waals surface area (Å²) in [5, 5.41) is 16.5. The number of nitrogens with zero attached hydrogens (tertiary/aromatic N) is 1. The van der Waals surface area contributed by atoms with E-state index in [9.17, 15) is 19.7 Å². The van der Waals surface area contributed by atoms with Crippen LogP contribution in [0.4, 0.5) is 17.1 Å². The fourth-order valence-electron chi connectivity index (χ4n) is 2.21. The van der Waals surface area contributed by atoms with Gasteiger partial charge in [-0.15, -0.1) is 0 Å². The third kappa shape index (κ3) is 5.96. The van der Waals surface area contributed by atoms with Gasteiger partial charge in [-0.3, -0.25) is 19.7 Å². The Balaban J connectivity index is 2.01. The van der Waals surface area contributed by atoms with Crippen LogP contribution in [-0.2, 0) is 9.59 Å². The zero-order chi connectivity index (χ0) is 19.8. The average Bonchev–Trinajstić information content (AvgIpc) is 2.63. The number of amides is 2. The van der Waals surface area contributed by atoms with Crippen LogP contribution < -0.4 is 15.4 Å². The summed E-state index contributed by atoms with van der Waals surface area (Å²) < 4.78 is 5.23. The van der Waals surface area contributed by atoms with Gasteiger partial charge in [0.2, 0.25) is 5.91 Å². The summed E-state index contributed by atoms with van der Waals surface area (Å²) in [4.78, 5) is 34.1. The van der Waals surface area contributed by atoms with Crippen molar-refractivity contribution in [2.45, 2.75) is 19.8 Å². The van der Waals surface area contributed by atoms with Crippen LogP contribution in [0.5, 0.6) is 5.75 Å². The fourth-order valence-corrected chi connectivity index (χ4v) is 2.37. The van der Waals surface area contributed by atoms with Gasteiger partial charge in [0, 0.05) is 18.2 Å². The molecule has 2 rings (SSSR count). The Hall–Kier alpha value is -3.13. The van der Waals surface area contributed by atoms with E-state index in [2.05, 4.69) is 10.6 Å². The molecule has 0 aliphatic heterocycles. The number of carbonyl (C=O) groups excluding carboxylic acids is 2. The molecule has 0 aliphatic rings. The molecule has 0 bridgehead atoms. The van der Waals surface area contributed by atoms with Crippen molar-refractivity contribution in [3.8, 4) is 5.75 Å². The molecule has 2 aromatic carbocycles. The lowest BCUT2D eigenvalue weighted by Gasteiger charge is -2.11. The van der Waals surface area contributed by atoms with Crippen molar-refractivity contribution in [3.63, 3.8) is 0 Å². The van der Waals surface area contributed by atoms with Crippen LogP contribution in [0.2, 0.25) is 5.02 Å². The first-order valence-electron chi connectivity index (χ1n) is 8.16. The SMILES string of the molecule is CCCC(=O)Nc1ccc(Cl)c(NC(=O)COc2ccccc2[N+](=O)[O-])c1. The maximum Gasteiger partial charge on any atom is 0.310 e. The van der Waals surface area contributed by atoms with Gasteiger partial charge in [0.1, 0.15) is 0 Å². The molecule has 0 fully saturated rings. The smallest absolute Gasteiger partial charge is 0.310 e. The van der Waals surface area contributed by atoms with Crippen LogP contribution >= 0.6 is 11.6 Å². The van der Waals surface area contributed by atoms with Gasteiger partial charge in [-0.1, -0.05) is 30.7 Å². The molecular formula is C18H18ClN3O5. The van der Waals surface area contributed by atoms with Crippen LogP contribution in [0.25, 0.3) is 0 Å². The third-order valence-corrected chi connectivity index (χ3v) is 3.75. The summed E-state index contributed by atoms with van der Waals surface area (Å²) in [5.41, 5.74) is 0.554. The molecular weight excluding hydrogens is 374 g/mol. The Morgan fingerprint density at radius 3 is 2.59 bits per heavy atom. The van der Waals surface area contributed by atoms with Crippen molar-refractivity contribution < 1.29 is 19.2 Å². The van der Waals surface area contributed by atoms with Crippen molar-refractivity contribution in [2.75, 3.05) is 17.2 Å². The largest absolute Gasteiger partial charge is 0.477 e. The molecule has 0 aliphatic carbocycles. The summed E-state index contributed by atoms with van der Waals surface area (Å²) in [6.45, 7) is 1.46. The van der Waals surface area contributed by atoms with Gasteiger partial charge in [-0.2, -0.15) is 0 Å². The number of rotatable bonds is 8. The van der Waals surface area contributed by atoms with E-state index in [-0.39, 0.29) is 22.4 Å². The molecule has 0 radical (unpaired) electrons. The summed E-state index contributed by atoms with van der Waals surface area (Å²) in [6, 6.07) is 10.5. The van der Waals surface area contributed by atoms with E-state index < -0.39 is 17.4 Å². The molecule has 2 amide bonds. The highest BCUT2D eigenvalue weighted by molar-refractivity contribution is 6.33. The zero-order valence-corrected chi connectivity index (χ0v) is 15.3. The number of nitro benzene ring substituents is 1. The molecule has 2 aromatic rings. The van der Waals surface area contributed by atoms with Gasteiger partial charge in [-0.25, -0.2) is 0 Å². The Morgan fingerprint density at radius 1 is 1.15 bits per heavy atom. The molecule has 0 unspecified atom stereocenters. The summed E-state index contributed by atoms with van der Waals surface area (Å²) in [5.74, 6) is -0.701. The van der Waals surface area contributed by atoms with Crippen molar-refractivity contribution in [1.29, 1.82) is 0 Å². The third-order valence-electron chi connectivity index (χ3n) is 3.42. The van der Waals surface area contributed by atoms with E-state index in [1.54, 1.807) is 18.2 Å². The van der Waals surface area contributed by atoms with Crippen LogP contribution in [0.3, 0.4) is 0 Å². The molecule has 0 heterocycles. The highest BCUT2D eigenvalue weighted by Gasteiger charge is 2.15. The van der Waals surface area contributed by atoms with Crippen LogP contribution in [0.15, 0.2) is 42.5 Å². The molecule has 2 N–H and O–H groups in total. The maximum atomic E-state index is 12.1. The lowest BCUT2D eigenvalue weighted by Crippen LogP contribution is -2.21. The second kappa shape index (κ2) is 9.54. The number of nitro groups is 1. The molecule has 27 heavy (non-hydrogen) atoms. The van der Waals surface area contributed by atoms with Gasteiger partial charge >= 0.3 is 5.69 Å². The quantitative estimate of drug-likeness (QED) is 0.521. The summed E-state index contributed by atoms with van der Waals surface area (Å²) >= 11 is 6.06. The minimum atomic E-state index is -0.591. The fraction of sp³-hybridized carbons (Fsp3) is 0.222. The standard InChI is InChI=1S/C18H18ClN3O5/c1-2-5-17(23)20-12-8-9-13(19)14(10-12)21-18(24)11-27-16-7-4-3-6-15(16)22(25)26/h3-4,6-10H,2,5,11H2,1H3,(H,20,23)(H,21,24). The number of anilines is 2. The minimum Gasteiger partial charge on any atom is -0.477 e. The van der Waals surface area contributed by atoms with Crippen LogP contribution in [0.1, 0.15) is 19.8 Å². The lowest BCUT2D eigenvalue weighted by molar-refractivity contribution is -0.385. The van der Waals surface area contributed by atoms with E-state index in [1.165, 1.54) is 24.3 Å². The molecule has 0 atom stereocenters. The zero-order valence-electron chi connectivity index (χ0n) is 14.5. The van der Waals surface area contributed by atoms with Crippen LogP contribution in [0, 0.1) is 10.1 Å². The lowest BCUT2D eigenvalue weighted by atomic mass is 10.2. The average molecular weight is 392 g/mol. The van der Waals surface area contributed by atoms with Gasteiger partial charge in [-0.05, 0) is 30.7 Å². The molecule has 142 valence electrons. The monoisotopic (exact) mass is 391 g/mol. The molecule has 0 aromatic heterocycles. The Kier molecular flexibility index (Phi) is 7.13. The summed E-state index contributed by atoms with van der Waals surface area (Å²) in [7, 11) is 0. The number of para-hydroxylation sites is 2. The second-order valence-electron chi connectivity index (χ2n) is 5.55. The maximum absolute atomic E-state index is 12.1. The van der Waals surface area contributed by atoms with Gasteiger partial charge in [0.05, 0.1) is 15.6 Å². The normalized spacial score (nSPS) is 10.1. The van der Waals surface area contributed by atoms with Crippen LogP contribution in [-0.4, -0.2) is 23.3 Å². The number of nitrogens with one attached hydrogen (secondary N) is 2. The van der Waals surface area contributed by atoms with Crippen molar-refractivity contribution in [2.24, 2.45) is 0 Å². The van der Waals surface area contributed by atoms with Crippen molar-refractivity contribution >= 4 is 40.5 Å². The number of benzene rings is 2. The molecule has 0 saturated heterocycles. The Bertz CT molecular complexity index is 857. The van der Waals surface area contributed by atoms with E-state index in [0.717, 1.165) is 0 Å². The number of carbonyl (C=O) groups is 2.